The quantitative estimate of drug-likeness (QED) is 0.799. The fourth-order valence-corrected chi connectivity index (χ4v) is 3.71. The maximum atomic E-state index is 12.4. The van der Waals surface area contributed by atoms with E-state index in [0.29, 0.717) is 11.8 Å². The molecule has 0 spiro atoms. The van der Waals surface area contributed by atoms with Crippen molar-refractivity contribution in [1.29, 1.82) is 0 Å². The Balaban J connectivity index is 2.06. The molecule has 2 heterocycles. The molecule has 1 fully saturated rings. The van der Waals surface area contributed by atoms with Crippen LogP contribution in [0.5, 0.6) is 0 Å². The SMILES string of the molecule is Cc1nc(C)c(C(=O)N2CCCC(CCCl)C2)s1. The number of likely N-dealkylation sites (tertiary alicyclic amines) is 1. The molecule has 1 aliphatic heterocycles. The van der Waals surface area contributed by atoms with Crippen molar-refractivity contribution in [1.82, 2.24) is 9.88 Å². The van der Waals surface area contributed by atoms with Crippen LogP contribution in [0.3, 0.4) is 0 Å². The van der Waals surface area contributed by atoms with Crippen molar-refractivity contribution in [2.45, 2.75) is 33.1 Å². The molecule has 2 rings (SSSR count). The van der Waals surface area contributed by atoms with Gasteiger partial charge in [0.15, 0.2) is 0 Å². The van der Waals surface area contributed by atoms with Gasteiger partial charge in [-0.05, 0) is 39.0 Å². The fourth-order valence-electron chi connectivity index (χ4n) is 2.51. The number of amides is 1. The summed E-state index contributed by atoms with van der Waals surface area (Å²) in [6, 6.07) is 0. The molecule has 1 unspecified atom stereocenters. The van der Waals surface area contributed by atoms with E-state index in [1.807, 2.05) is 18.7 Å². The highest BCUT2D eigenvalue weighted by molar-refractivity contribution is 7.13. The Morgan fingerprint density at radius 1 is 1.56 bits per heavy atom. The number of hydrogen-bond donors (Lipinski definition) is 0. The Labute approximate surface area is 117 Å². The van der Waals surface area contributed by atoms with E-state index >= 15 is 0 Å². The number of halogens is 1. The van der Waals surface area contributed by atoms with E-state index in [9.17, 15) is 4.79 Å². The Morgan fingerprint density at radius 2 is 2.33 bits per heavy atom. The molecule has 1 aliphatic rings. The molecular formula is C13H19ClN2OS. The lowest BCUT2D eigenvalue weighted by molar-refractivity contribution is 0.0675. The van der Waals surface area contributed by atoms with Crippen LogP contribution >= 0.6 is 22.9 Å². The molecule has 1 atom stereocenters. The van der Waals surface area contributed by atoms with Crippen LogP contribution < -0.4 is 0 Å². The van der Waals surface area contributed by atoms with Crippen molar-refractivity contribution in [3.8, 4) is 0 Å². The topological polar surface area (TPSA) is 33.2 Å². The molecule has 3 nitrogen and oxygen atoms in total. The van der Waals surface area contributed by atoms with Crippen LogP contribution in [0.2, 0.25) is 0 Å². The number of rotatable bonds is 3. The molecular weight excluding hydrogens is 268 g/mol. The van der Waals surface area contributed by atoms with E-state index in [4.69, 9.17) is 11.6 Å². The van der Waals surface area contributed by atoms with Crippen molar-refractivity contribution in [3.63, 3.8) is 0 Å². The summed E-state index contributed by atoms with van der Waals surface area (Å²) >= 11 is 7.30. The number of nitrogens with zero attached hydrogens (tertiary/aromatic N) is 2. The first-order valence-electron chi connectivity index (χ1n) is 6.41. The van der Waals surface area contributed by atoms with Crippen LogP contribution in [0.15, 0.2) is 0 Å². The summed E-state index contributed by atoms with van der Waals surface area (Å²) in [5.41, 5.74) is 0.863. The third-order valence-electron chi connectivity index (χ3n) is 3.42. The van der Waals surface area contributed by atoms with Gasteiger partial charge in [0.2, 0.25) is 0 Å². The summed E-state index contributed by atoms with van der Waals surface area (Å²) in [6.45, 7) is 5.58. The number of carbonyl (C=O) groups excluding carboxylic acids is 1. The lowest BCUT2D eigenvalue weighted by atomic mass is 9.95. The van der Waals surface area contributed by atoms with Gasteiger partial charge in [-0.2, -0.15) is 0 Å². The van der Waals surface area contributed by atoms with Gasteiger partial charge in [-0.15, -0.1) is 22.9 Å². The van der Waals surface area contributed by atoms with Crippen LogP contribution in [-0.2, 0) is 0 Å². The minimum Gasteiger partial charge on any atom is -0.338 e. The second-order valence-electron chi connectivity index (χ2n) is 4.88. The number of hydrogen-bond acceptors (Lipinski definition) is 3. The van der Waals surface area contributed by atoms with Crippen LogP contribution in [0, 0.1) is 19.8 Å². The van der Waals surface area contributed by atoms with Crippen molar-refractivity contribution >= 4 is 28.8 Å². The molecule has 0 aliphatic carbocycles. The van der Waals surface area contributed by atoms with Gasteiger partial charge >= 0.3 is 0 Å². The first-order valence-corrected chi connectivity index (χ1v) is 7.76. The van der Waals surface area contributed by atoms with Gasteiger partial charge in [0, 0.05) is 19.0 Å². The van der Waals surface area contributed by atoms with Crippen molar-refractivity contribution < 1.29 is 4.79 Å². The molecule has 1 aromatic rings. The molecule has 0 radical (unpaired) electrons. The summed E-state index contributed by atoms with van der Waals surface area (Å²) in [4.78, 5) is 19.6. The maximum absolute atomic E-state index is 12.4. The standard InChI is InChI=1S/C13H19ClN2OS/c1-9-12(18-10(2)15-9)13(17)16-7-3-4-11(8-16)5-6-14/h11H,3-8H2,1-2H3. The largest absolute Gasteiger partial charge is 0.338 e. The number of carbonyl (C=O) groups is 1. The fraction of sp³-hybridized carbons (Fsp3) is 0.692. The summed E-state index contributed by atoms with van der Waals surface area (Å²) in [6.07, 6.45) is 3.29. The lowest BCUT2D eigenvalue weighted by Gasteiger charge is -2.32. The minimum atomic E-state index is 0.150. The second kappa shape index (κ2) is 6.02. The molecule has 1 aromatic heterocycles. The van der Waals surface area contributed by atoms with E-state index in [1.54, 1.807) is 0 Å². The molecule has 18 heavy (non-hydrogen) atoms. The summed E-state index contributed by atoms with van der Waals surface area (Å²) < 4.78 is 0. The number of thiazole rings is 1. The third-order valence-corrected chi connectivity index (χ3v) is 4.70. The van der Waals surface area contributed by atoms with E-state index in [-0.39, 0.29) is 5.91 Å². The summed E-state index contributed by atoms with van der Waals surface area (Å²) in [5.74, 6) is 1.40. The van der Waals surface area contributed by atoms with Crippen molar-refractivity contribution in [3.05, 3.63) is 15.6 Å². The van der Waals surface area contributed by atoms with Crippen LogP contribution in [0.1, 0.15) is 39.6 Å². The Kier molecular flexibility index (Phi) is 4.62. The zero-order valence-corrected chi connectivity index (χ0v) is 12.5. The number of alkyl halides is 1. The van der Waals surface area contributed by atoms with Gasteiger partial charge in [-0.25, -0.2) is 4.98 Å². The average molecular weight is 287 g/mol. The van der Waals surface area contributed by atoms with Gasteiger partial charge in [0.25, 0.3) is 5.91 Å². The zero-order chi connectivity index (χ0) is 13.1. The van der Waals surface area contributed by atoms with Crippen LogP contribution in [0.25, 0.3) is 0 Å². The average Bonchev–Trinajstić information content (AvgIpc) is 2.68. The lowest BCUT2D eigenvalue weighted by Crippen LogP contribution is -2.40. The molecule has 0 saturated carbocycles. The van der Waals surface area contributed by atoms with Crippen molar-refractivity contribution in [2.24, 2.45) is 5.92 Å². The second-order valence-corrected chi connectivity index (χ2v) is 6.47. The maximum Gasteiger partial charge on any atom is 0.265 e. The Hall–Kier alpha value is -0.610. The zero-order valence-electron chi connectivity index (χ0n) is 10.9. The number of aryl methyl sites for hydroxylation is 2. The van der Waals surface area contributed by atoms with Crippen LogP contribution in [-0.4, -0.2) is 34.8 Å². The van der Waals surface area contributed by atoms with E-state index in [2.05, 4.69) is 4.98 Å². The molecule has 5 heteroatoms. The first-order chi connectivity index (χ1) is 8.61. The first kappa shape index (κ1) is 13.8. The van der Waals surface area contributed by atoms with Gasteiger partial charge in [-0.3, -0.25) is 4.79 Å². The van der Waals surface area contributed by atoms with Gasteiger partial charge in [0.05, 0.1) is 10.7 Å². The van der Waals surface area contributed by atoms with Gasteiger partial charge in [-0.1, -0.05) is 0 Å². The Bertz CT molecular complexity index is 431. The predicted molar refractivity (Wildman–Crippen MR) is 75.6 cm³/mol. The third kappa shape index (κ3) is 3.04. The van der Waals surface area contributed by atoms with Gasteiger partial charge < -0.3 is 4.90 Å². The minimum absolute atomic E-state index is 0.150. The molecule has 1 amide bonds. The highest BCUT2D eigenvalue weighted by Gasteiger charge is 2.26. The smallest absolute Gasteiger partial charge is 0.265 e. The molecule has 0 bridgehead atoms. The van der Waals surface area contributed by atoms with Crippen molar-refractivity contribution in [2.75, 3.05) is 19.0 Å². The summed E-state index contributed by atoms with van der Waals surface area (Å²) in [7, 11) is 0. The van der Waals surface area contributed by atoms with E-state index < -0.39 is 0 Å². The van der Waals surface area contributed by atoms with E-state index in [0.717, 1.165) is 41.5 Å². The monoisotopic (exact) mass is 286 g/mol. The highest BCUT2D eigenvalue weighted by atomic mass is 35.5. The van der Waals surface area contributed by atoms with Crippen LogP contribution in [0.4, 0.5) is 0 Å². The van der Waals surface area contributed by atoms with E-state index in [1.165, 1.54) is 17.8 Å². The number of piperidine rings is 1. The number of aromatic nitrogens is 1. The molecule has 1 saturated heterocycles. The molecule has 0 N–H and O–H groups in total. The normalized spacial score (nSPS) is 20.2. The van der Waals surface area contributed by atoms with Gasteiger partial charge in [0.1, 0.15) is 4.88 Å². The molecule has 0 aromatic carbocycles. The highest BCUT2D eigenvalue weighted by Crippen LogP contribution is 2.24. The summed E-state index contributed by atoms with van der Waals surface area (Å²) in [5, 5.41) is 0.963. The predicted octanol–water partition coefficient (Wildman–Crippen LogP) is 3.24. The molecule has 100 valence electrons. The Morgan fingerprint density at radius 3 is 2.94 bits per heavy atom.